The summed E-state index contributed by atoms with van der Waals surface area (Å²) in [4.78, 5) is 22.4. The number of benzene rings is 1. The van der Waals surface area contributed by atoms with Crippen LogP contribution in [0.3, 0.4) is 0 Å². The molecule has 7 nitrogen and oxygen atoms in total. The molecule has 2 N–H and O–H groups in total. The minimum Gasteiger partial charge on any atom is -0.383 e. The van der Waals surface area contributed by atoms with E-state index in [-0.39, 0.29) is 11.6 Å². The van der Waals surface area contributed by atoms with Crippen molar-refractivity contribution >= 4 is 17.3 Å². The molecular weight excluding hydrogens is 274 g/mol. The van der Waals surface area contributed by atoms with Crippen LogP contribution < -0.4 is 10.6 Å². The van der Waals surface area contributed by atoms with Gasteiger partial charge in [0.1, 0.15) is 5.69 Å². The molecule has 0 bridgehead atoms. The molecule has 114 valence electrons. The summed E-state index contributed by atoms with van der Waals surface area (Å²) in [5.41, 5.74) is 0.696. The highest BCUT2D eigenvalue weighted by atomic mass is 16.6. The van der Waals surface area contributed by atoms with Gasteiger partial charge in [-0.1, -0.05) is 0 Å². The highest BCUT2D eigenvalue weighted by molar-refractivity contribution is 5.95. The fourth-order valence-corrected chi connectivity index (χ4v) is 2.34. The molecule has 1 aliphatic heterocycles. The molecular formula is C14H19N3O4. The third kappa shape index (κ3) is 3.91. The Labute approximate surface area is 122 Å². The number of nitro groups is 1. The fraction of sp³-hybridized carbons (Fsp3) is 0.500. The monoisotopic (exact) mass is 293 g/mol. The molecule has 1 aromatic rings. The number of carbonyl (C=O) groups is 1. The van der Waals surface area contributed by atoms with Crippen molar-refractivity contribution in [3.8, 4) is 0 Å². The zero-order valence-electron chi connectivity index (χ0n) is 11.9. The summed E-state index contributed by atoms with van der Waals surface area (Å²) in [6, 6.07) is 4.30. The Morgan fingerprint density at radius 3 is 2.95 bits per heavy atom. The molecule has 7 heteroatoms. The van der Waals surface area contributed by atoms with Crippen LogP contribution >= 0.6 is 0 Å². The predicted molar refractivity (Wildman–Crippen MR) is 78.5 cm³/mol. The van der Waals surface area contributed by atoms with Crippen LogP contribution in [0.1, 0.15) is 23.2 Å². The lowest BCUT2D eigenvalue weighted by molar-refractivity contribution is -0.383. The molecule has 1 atom stereocenters. The van der Waals surface area contributed by atoms with Crippen molar-refractivity contribution in [2.75, 3.05) is 32.1 Å². The second-order valence-electron chi connectivity index (χ2n) is 5.01. The highest BCUT2D eigenvalue weighted by Crippen LogP contribution is 2.24. The lowest BCUT2D eigenvalue weighted by atomic mass is 10.1. The molecule has 1 unspecified atom stereocenters. The van der Waals surface area contributed by atoms with Crippen LogP contribution in [0.15, 0.2) is 18.2 Å². The van der Waals surface area contributed by atoms with E-state index in [1.807, 2.05) is 0 Å². The van der Waals surface area contributed by atoms with Crippen LogP contribution in [-0.2, 0) is 4.74 Å². The van der Waals surface area contributed by atoms with Gasteiger partial charge in [0.25, 0.3) is 11.6 Å². The van der Waals surface area contributed by atoms with Gasteiger partial charge in [0.05, 0.1) is 4.92 Å². The number of amides is 1. The number of nitro benzene ring substituents is 1. The number of hydrogen-bond donors (Lipinski definition) is 2. The number of nitrogens with zero attached hydrogens (tertiary/aromatic N) is 1. The van der Waals surface area contributed by atoms with Crippen LogP contribution in [0.25, 0.3) is 0 Å². The second kappa shape index (κ2) is 7.03. The first kappa shape index (κ1) is 15.2. The minimum absolute atomic E-state index is 0.0443. The Balaban J connectivity index is 1.93. The van der Waals surface area contributed by atoms with E-state index in [9.17, 15) is 14.9 Å². The third-order valence-electron chi connectivity index (χ3n) is 3.59. The Bertz CT molecular complexity index is 527. The van der Waals surface area contributed by atoms with E-state index in [2.05, 4.69) is 10.6 Å². The second-order valence-corrected chi connectivity index (χ2v) is 5.01. The minimum atomic E-state index is -0.479. The predicted octanol–water partition coefficient (Wildman–Crippen LogP) is 1.79. The first-order valence-corrected chi connectivity index (χ1v) is 6.94. The summed E-state index contributed by atoms with van der Waals surface area (Å²) in [5, 5.41) is 16.4. The first-order valence-electron chi connectivity index (χ1n) is 6.94. The van der Waals surface area contributed by atoms with Gasteiger partial charge < -0.3 is 15.4 Å². The van der Waals surface area contributed by atoms with Crippen molar-refractivity contribution in [1.29, 1.82) is 0 Å². The maximum atomic E-state index is 12.0. The standard InChI is InChI=1S/C14H19N3O4/c1-15-12-8-11(2-3-13(12)17(19)20)14(18)16-6-4-10-5-7-21-9-10/h2-3,8,10,15H,4-7,9H2,1H3,(H,16,18). The molecule has 1 amide bonds. The average molecular weight is 293 g/mol. The summed E-state index contributed by atoms with van der Waals surface area (Å²) in [6.07, 6.45) is 1.93. The van der Waals surface area contributed by atoms with E-state index in [4.69, 9.17) is 4.74 Å². The number of ether oxygens (including phenoxy) is 1. The van der Waals surface area contributed by atoms with Crippen molar-refractivity contribution in [2.24, 2.45) is 5.92 Å². The van der Waals surface area contributed by atoms with E-state index >= 15 is 0 Å². The largest absolute Gasteiger partial charge is 0.383 e. The van der Waals surface area contributed by atoms with Crippen LogP contribution in [-0.4, -0.2) is 37.6 Å². The van der Waals surface area contributed by atoms with Crippen LogP contribution in [0.5, 0.6) is 0 Å². The van der Waals surface area contributed by atoms with E-state index in [1.165, 1.54) is 18.2 Å². The fourth-order valence-electron chi connectivity index (χ4n) is 2.34. The van der Waals surface area contributed by atoms with E-state index in [1.54, 1.807) is 7.05 Å². The van der Waals surface area contributed by atoms with Crippen molar-refractivity contribution in [3.63, 3.8) is 0 Å². The van der Waals surface area contributed by atoms with Gasteiger partial charge in [-0.3, -0.25) is 14.9 Å². The summed E-state index contributed by atoms with van der Waals surface area (Å²) < 4.78 is 5.28. The zero-order chi connectivity index (χ0) is 15.2. The Morgan fingerprint density at radius 1 is 1.52 bits per heavy atom. The van der Waals surface area contributed by atoms with Crippen LogP contribution in [0, 0.1) is 16.0 Å². The number of nitrogens with one attached hydrogen (secondary N) is 2. The molecule has 0 radical (unpaired) electrons. The number of anilines is 1. The van der Waals surface area contributed by atoms with Gasteiger partial charge >= 0.3 is 0 Å². The smallest absolute Gasteiger partial charge is 0.292 e. The molecule has 1 heterocycles. The lowest BCUT2D eigenvalue weighted by Crippen LogP contribution is -2.26. The maximum absolute atomic E-state index is 12.0. The van der Waals surface area contributed by atoms with Gasteiger partial charge in [-0.2, -0.15) is 0 Å². The molecule has 2 rings (SSSR count). The molecule has 0 aromatic heterocycles. The van der Waals surface area contributed by atoms with E-state index in [0.29, 0.717) is 23.7 Å². The molecule has 0 aliphatic carbocycles. The molecule has 0 saturated carbocycles. The Kier molecular flexibility index (Phi) is 5.10. The van der Waals surface area contributed by atoms with Crippen molar-refractivity contribution in [1.82, 2.24) is 5.32 Å². The maximum Gasteiger partial charge on any atom is 0.292 e. The van der Waals surface area contributed by atoms with Gasteiger partial charge in [-0.15, -0.1) is 0 Å². The normalized spacial score (nSPS) is 17.5. The third-order valence-corrected chi connectivity index (χ3v) is 3.59. The molecule has 1 fully saturated rings. The molecule has 0 spiro atoms. The van der Waals surface area contributed by atoms with Gasteiger partial charge in [0, 0.05) is 38.4 Å². The average Bonchev–Trinajstić information content (AvgIpc) is 2.99. The van der Waals surface area contributed by atoms with E-state index in [0.717, 1.165) is 26.1 Å². The van der Waals surface area contributed by atoms with Crippen LogP contribution in [0.2, 0.25) is 0 Å². The summed E-state index contributed by atoms with van der Waals surface area (Å²) in [7, 11) is 1.59. The first-order chi connectivity index (χ1) is 10.1. The van der Waals surface area contributed by atoms with Crippen molar-refractivity contribution in [2.45, 2.75) is 12.8 Å². The zero-order valence-corrected chi connectivity index (χ0v) is 11.9. The van der Waals surface area contributed by atoms with Crippen molar-refractivity contribution < 1.29 is 14.5 Å². The molecule has 21 heavy (non-hydrogen) atoms. The number of carbonyl (C=O) groups excluding carboxylic acids is 1. The van der Waals surface area contributed by atoms with Crippen molar-refractivity contribution in [3.05, 3.63) is 33.9 Å². The van der Waals surface area contributed by atoms with Gasteiger partial charge in [0.15, 0.2) is 0 Å². The molecule has 1 aliphatic rings. The Hall–Kier alpha value is -2.15. The van der Waals surface area contributed by atoms with Gasteiger partial charge in [-0.05, 0) is 30.9 Å². The topological polar surface area (TPSA) is 93.5 Å². The van der Waals surface area contributed by atoms with Crippen LogP contribution in [0.4, 0.5) is 11.4 Å². The molecule has 1 saturated heterocycles. The SMILES string of the molecule is CNc1cc(C(=O)NCCC2CCOC2)ccc1[N+](=O)[O-]. The summed E-state index contributed by atoms with van der Waals surface area (Å²) in [5.74, 6) is 0.287. The van der Waals surface area contributed by atoms with E-state index < -0.39 is 4.92 Å². The van der Waals surface area contributed by atoms with Gasteiger partial charge in [-0.25, -0.2) is 0 Å². The quantitative estimate of drug-likeness (QED) is 0.616. The summed E-state index contributed by atoms with van der Waals surface area (Å²) in [6.45, 7) is 2.14. The Morgan fingerprint density at radius 2 is 2.33 bits per heavy atom. The molecule has 1 aromatic carbocycles. The number of rotatable bonds is 6. The van der Waals surface area contributed by atoms with Gasteiger partial charge in [0.2, 0.25) is 0 Å². The highest BCUT2D eigenvalue weighted by Gasteiger charge is 2.17. The summed E-state index contributed by atoms with van der Waals surface area (Å²) >= 11 is 0. The number of hydrogen-bond acceptors (Lipinski definition) is 5. The lowest BCUT2D eigenvalue weighted by Gasteiger charge is -2.10.